The molecule has 1 amide bonds. The fourth-order valence-corrected chi connectivity index (χ4v) is 2.50. The zero-order chi connectivity index (χ0) is 15.2. The molecule has 0 aliphatic rings. The van der Waals surface area contributed by atoms with E-state index in [1.165, 1.54) is 0 Å². The van der Waals surface area contributed by atoms with Gasteiger partial charge in [-0.2, -0.15) is 0 Å². The van der Waals surface area contributed by atoms with Gasteiger partial charge in [0.1, 0.15) is 0 Å². The first-order chi connectivity index (χ1) is 10.2. The Labute approximate surface area is 125 Å². The minimum absolute atomic E-state index is 0.0397. The molecule has 0 spiro atoms. The van der Waals surface area contributed by atoms with Crippen LogP contribution in [0.4, 0.5) is 0 Å². The van der Waals surface area contributed by atoms with E-state index in [4.69, 9.17) is 5.73 Å². The number of nitrogens with zero attached hydrogens (tertiary/aromatic N) is 1. The van der Waals surface area contributed by atoms with E-state index in [0.29, 0.717) is 19.5 Å². The molecule has 21 heavy (non-hydrogen) atoms. The lowest BCUT2D eigenvalue weighted by atomic mass is 9.95. The normalized spacial score (nSPS) is 12.3. The van der Waals surface area contributed by atoms with Crippen molar-refractivity contribution in [2.75, 3.05) is 13.1 Å². The summed E-state index contributed by atoms with van der Waals surface area (Å²) in [7, 11) is 0. The maximum Gasteiger partial charge on any atom is 0.224 e. The minimum atomic E-state index is -0.193. The summed E-state index contributed by atoms with van der Waals surface area (Å²) in [5, 5.41) is 4.03. The summed E-state index contributed by atoms with van der Waals surface area (Å²) in [6.07, 6.45) is 1.58. The number of para-hydroxylation sites is 1. The van der Waals surface area contributed by atoms with Crippen molar-refractivity contribution >= 4 is 16.8 Å². The predicted octanol–water partition coefficient (Wildman–Crippen LogP) is 2.19. The number of carbonyl (C=O) groups excluding carboxylic acids is 1. The SMILES string of the molecule is CCCNC(=O)C(CN)Cc1cc(C)nc2ccccc12. The van der Waals surface area contributed by atoms with Crippen molar-refractivity contribution in [1.29, 1.82) is 0 Å². The topological polar surface area (TPSA) is 68.0 Å². The van der Waals surface area contributed by atoms with Gasteiger partial charge >= 0.3 is 0 Å². The van der Waals surface area contributed by atoms with Gasteiger partial charge in [0.25, 0.3) is 0 Å². The summed E-state index contributed by atoms with van der Waals surface area (Å²) >= 11 is 0. The smallest absolute Gasteiger partial charge is 0.224 e. The zero-order valence-electron chi connectivity index (χ0n) is 12.7. The van der Waals surface area contributed by atoms with Gasteiger partial charge in [0.2, 0.25) is 5.91 Å². The number of benzene rings is 1. The van der Waals surface area contributed by atoms with Crippen molar-refractivity contribution < 1.29 is 4.79 Å². The first kappa shape index (κ1) is 15.4. The van der Waals surface area contributed by atoms with E-state index in [1.807, 2.05) is 32.0 Å². The van der Waals surface area contributed by atoms with E-state index >= 15 is 0 Å². The predicted molar refractivity (Wildman–Crippen MR) is 86.0 cm³/mol. The molecule has 4 heteroatoms. The van der Waals surface area contributed by atoms with Crippen molar-refractivity contribution in [3.05, 3.63) is 41.6 Å². The van der Waals surface area contributed by atoms with Gasteiger partial charge in [-0.05, 0) is 37.5 Å². The van der Waals surface area contributed by atoms with Gasteiger partial charge in [-0.3, -0.25) is 9.78 Å². The number of fused-ring (bicyclic) bond motifs is 1. The summed E-state index contributed by atoms with van der Waals surface area (Å²) < 4.78 is 0. The zero-order valence-corrected chi connectivity index (χ0v) is 12.7. The molecule has 0 fully saturated rings. The largest absolute Gasteiger partial charge is 0.356 e. The molecule has 112 valence electrons. The fraction of sp³-hybridized carbons (Fsp3) is 0.412. The number of aryl methyl sites for hydroxylation is 1. The quantitative estimate of drug-likeness (QED) is 0.855. The Bertz CT molecular complexity index is 624. The number of aromatic nitrogens is 1. The van der Waals surface area contributed by atoms with Crippen LogP contribution >= 0.6 is 0 Å². The lowest BCUT2D eigenvalue weighted by molar-refractivity contribution is -0.124. The number of amides is 1. The highest BCUT2D eigenvalue weighted by molar-refractivity contribution is 5.84. The van der Waals surface area contributed by atoms with Crippen LogP contribution in [0.25, 0.3) is 10.9 Å². The monoisotopic (exact) mass is 285 g/mol. The van der Waals surface area contributed by atoms with Gasteiger partial charge in [-0.25, -0.2) is 0 Å². The molecule has 0 saturated heterocycles. The Hall–Kier alpha value is -1.94. The van der Waals surface area contributed by atoms with Crippen LogP contribution in [0.15, 0.2) is 30.3 Å². The molecule has 0 aliphatic carbocycles. The van der Waals surface area contributed by atoms with E-state index in [1.54, 1.807) is 0 Å². The molecule has 0 radical (unpaired) electrons. The lowest BCUT2D eigenvalue weighted by Crippen LogP contribution is -2.36. The molecule has 0 bridgehead atoms. The van der Waals surface area contributed by atoms with Gasteiger partial charge < -0.3 is 11.1 Å². The van der Waals surface area contributed by atoms with E-state index < -0.39 is 0 Å². The molecular formula is C17H23N3O. The summed E-state index contributed by atoms with van der Waals surface area (Å²) in [6.45, 7) is 5.07. The van der Waals surface area contributed by atoms with Crippen molar-refractivity contribution in [3.8, 4) is 0 Å². The number of nitrogens with one attached hydrogen (secondary N) is 1. The fourth-order valence-electron chi connectivity index (χ4n) is 2.50. The summed E-state index contributed by atoms with van der Waals surface area (Å²) in [6, 6.07) is 10.1. The first-order valence-corrected chi connectivity index (χ1v) is 7.48. The Morgan fingerprint density at radius 3 is 2.86 bits per heavy atom. The van der Waals surface area contributed by atoms with Crippen molar-refractivity contribution in [2.45, 2.75) is 26.7 Å². The van der Waals surface area contributed by atoms with Gasteiger partial charge in [-0.15, -0.1) is 0 Å². The Morgan fingerprint density at radius 1 is 1.38 bits per heavy atom. The lowest BCUT2D eigenvalue weighted by Gasteiger charge is -2.16. The molecule has 0 aliphatic heterocycles. The second-order valence-electron chi connectivity index (χ2n) is 5.37. The van der Waals surface area contributed by atoms with Crippen LogP contribution in [0.3, 0.4) is 0 Å². The maximum atomic E-state index is 12.2. The number of hydrogen-bond acceptors (Lipinski definition) is 3. The third-order valence-electron chi connectivity index (χ3n) is 3.60. The van der Waals surface area contributed by atoms with Crippen LogP contribution in [-0.2, 0) is 11.2 Å². The van der Waals surface area contributed by atoms with Crippen LogP contribution in [-0.4, -0.2) is 24.0 Å². The van der Waals surface area contributed by atoms with E-state index in [2.05, 4.69) is 22.4 Å². The molecule has 2 aromatic rings. The third kappa shape index (κ3) is 3.79. The first-order valence-electron chi connectivity index (χ1n) is 7.48. The van der Waals surface area contributed by atoms with Crippen LogP contribution in [0.5, 0.6) is 0 Å². The highest BCUT2D eigenvalue weighted by Gasteiger charge is 2.18. The molecule has 2 rings (SSSR count). The average molecular weight is 285 g/mol. The number of nitrogens with two attached hydrogens (primary N) is 1. The molecule has 3 N–H and O–H groups in total. The Morgan fingerprint density at radius 2 is 2.14 bits per heavy atom. The second kappa shape index (κ2) is 7.18. The summed E-state index contributed by atoms with van der Waals surface area (Å²) in [5.74, 6) is -0.153. The van der Waals surface area contributed by atoms with Gasteiger partial charge in [0.15, 0.2) is 0 Å². The van der Waals surface area contributed by atoms with Crippen LogP contribution in [0.2, 0.25) is 0 Å². The van der Waals surface area contributed by atoms with E-state index in [9.17, 15) is 4.79 Å². The number of hydrogen-bond donors (Lipinski definition) is 2. The molecule has 1 aromatic carbocycles. The van der Waals surface area contributed by atoms with Crippen LogP contribution in [0.1, 0.15) is 24.6 Å². The van der Waals surface area contributed by atoms with E-state index in [0.717, 1.165) is 28.6 Å². The molecule has 0 saturated carbocycles. The van der Waals surface area contributed by atoms with Gasteiger partial charge in [0.05, 0.1) is 11.4 Å². The number of carbonyl (C=O) groups is 1. The highest BCUT2D eigenvalue weighted by Crippen LogP contribution is 2.21. The van der Waals surface area contributed by atoms with Crippen molar-refractivity contribution in [3.63, 3.8) is 0 Å². The standard InChI is InChI=1S/C17H23N3O/c1-3-8-19-17(21)14(11-18)10-13-9-12(2)20-16-7-5-4-6-15(13)16/h4-7,9,14H,3,8,10-11,18H2,1-2H3,(H,19,21). The van der Waals surface area contributed by atoms with Gasteiger partial charge in [0, 0.05) is 24.2 Å². The Kier molecular flexibility index (Phi) is 5.28. The van der Waals surface area contributed by atoms with Crippen molar-refractivity contribution in [2.24, 2.45) is 11.7 Å². The molecule has 4 nitrogen and oxygen atoms in total. The Balaban J connectivity index is 2.27. The third-order valence-corrected chi connectivity index (χ3v) is 3.60. The van der Waals surface area contributed by atoms with Crippen LogP contribution in [0, 0.1) is 12.8 Å². The summed E-state index contributed by atoms with van der Waals surface area (Å²) in [5.41, 5.74) is 8.87. The van der Waals surface area contributed by atoms with E-state index in [-0.39, 0.29) is 11.8 Å². The van der Waals surface area contributed by atoms with Crippen molar-refractivity contribution in [1.82, 2.24) is 10.3 Å². The van der Waals surface area contributed by atoms with Crippen LogP contribution < -0.4 is 11.1 Å². The molecule has 1 atom stereocenters. The number of rotatable bonds is 6. The maximum absolute atomic E-state index is 12.2. The van der Waals surface area contributed by atoms with Gasteiger partial charge in [-0.1, -0.05) is 25.1 Å². The molecule has 1 aromatic heterocycles. The molecular weight excluding hydrogens is 262 g/mol. The molecule has 1 unspecified atom stereocenters. The second-order valence-corrected chi connectivity index (χ2v) is 5.37. The summed E-state index contributed by atoms with van der Waals surface area (Å²) in [4.78, 5) is 16.7. The minimum Gasteiger partial charge on any atom is -0.356 e. The average Bonchev–Trinajstić information content (AvgIpc) is 2.49. The molecule has 1 heterocycles. The number of pyridine rings is 1. The highest BCUT2D eigenvalue weighted by atomic mass is 16.1.